The maximum Gasteiger partial charge on any atom is 0.134 e. The second kappa shape index (κ2) is 4.83. The Morgan fingerprint density at radius 2 is 2.05 bits per heavy atom. The number of hydrogen-bond acceptors (Lipinski definition) is 3. The molecule has 0 unspecified atom stereocenters. The highest BCUT2D eigenvalue weighted by Crippen LogP contribution is 2.35. The smallest absolute Gasteiger partial charge is 0.134 e. The molecule has 1 saturated carbocycles. The van der Waals surface area contributed by atoms with Crippen molar-refractivity contribution in [2.45, 2.75) is 51.9 Å². The molecule has 2 aliphatic rings. The van der Waals surface area contributed by atoms with Gasteiger partial charge in [-0.3, -0.25) is 5.10 Å². The van der Waals surface area contributed by atoms with Gasteiger partial charge < -0.3 is 5.32 Å². The van der Waals surface area contributed by atoms with Crippen molar-refractivity contribution >= 4 is 17.2 Å². The lowest BCUT2D eigenvalue weighted by Gasteiger charge is -2.19. The number of hydrogen-bond donors (Lipinski definition) is 2. The lowest BCUT2D eigenvalue weighted by Crippen LogP contribution is -2.26. The van der Waals surface area contributed by atoms with E-state index in [2.05, 4.69) is 35.9 Å². The molecule has 1 aromatic heterocycles. The quantitative estimate of drug-likeness (QED) is 0.868. The largest absolute Gasteiger partial charge is 0.342 e. The second-order valence-corrected chi connectivity index (χ2v) is 6.01. The highest BCUT2D eigenvalue weighted by Gasteiger charge is 2.25. The lowest BCUT2D eigenvalue weighted by molar-refractivity contribution is 0.568. The van der Waals surface area contributed by atoms with Crippen molar-refractivity contribution in [3.8, 4) is 0 Å². The summed E-state index contributed by atoms with van der Waals surface area (Å²) in [4.78, 5) is 4.79. The van der Waals surface area contributed by atoms with E-state index in [4.69, 9.17) is 4.99 Å². The van der Waals surface area contributed by atoms with E-state index < -0.39 is 0 Å². The van der Waals surface area contributed by atoms with Crippen molar-refractivity contribution < 1.29 is 0 Å². The number of rotatable bonds is 3. The zero-order chi connectivity index (χ0) is 13.4. The van der Waals surface area contributed by atoms with Gasteiger partial charge in [-0.2, -0.15) is 5.10 Å². The molecular weight excluding hydrogens is 236 g/mol. The van der Waals surface area contributed by atoms with Crippen LogP contribution in [-0.4, -0.2) is 16.0 Å². The zero-order valence-corrected chi connectivity index (χ0v) is 11.8. The molecule has 4 nitrogen and oxygen atoms in total. The first-order chi connectivity index (χ1) is 9.15. The number of fused-ring (bicyclic) bond motifs is 1. The molecule has 1 fully saturated rings. The molecule has 0 saturated heterocycles. The van der Waals surface area contributed by atoms with Crippen molar-refractivity contribution in [2.75, 3.05) is 0 Å². The summed E-state index contributed by atoms with van der Waals surface area (Å²) in [6.45, 7) is 8.39. The summed E-state index contributed by atoms with van der Waals surface area (Å²) in [5, 5.41) is 10.8. The maximum absolute atomic E-state index is 4.79. The monoisotopic (exact) mass is 258 g/mol. The summed E-state index contributed by atoms with van der Waals surface area (Å²) < 4.78 is 0. The number of aromatic amines is 1. The number of aliphatic imine (C=N–C) groups is 1. The lowest BCUT2D eigenvalue weighted by atomic mass is 10.0. The first-order valence-electron chi connectivity index (χ1n) is 7.27. The fraction of sp³-hybridized carbons (Fsp3) is 0.600. The van der Waals surface area contributed by atoms with Crippen LogP contribution in [0.15, 0.2) is 11.6 Å². The van der Waals surface area contributed by atoms with Crippen LogP contribution in [-0.2, 0) is 0 Å². The molecule has 1 aliphatic carbocycles. The Labute approximate surface area is 114 Å². The summed E-state index contributed by atoms with van der Waals surface area (Å²) in [5.74, 6) is 2.25. The first kappa shape index (κ1) is 12.5. The zero-order valence-electron chi connectivity index (χ0n) is 11.8. The fourth-order valence-corrected chi connectivity index (χ4v) is 3.06. The highest BCUT2D eigenvalue weighted by molar-refractivity contribution is 5.97. The minimum Gasteiger partial charge on any atom is -0.342 e. The maximum atomic E-state index is 4.79. The van der Waals surface area contributed by atoms with Gasteiger partial charge in [-0.25, -0.2) is 4.99 Å². The number of nitrogens with zero attached hydrogens (tertiary/aromatic N) is 2. The molecule has 2 N–H and O–H groups in total. The van der Waals surface area contributed by atoms with Crippen LogP contribution in [0.2, 0.25) is 0 Å². The minimum absolute atomic E-state index is 0.402. The van der Waals surface area contributed by atoms with Crippen molar-refractivity contribution in [1.29, 1.82) is 0 Å². The molecule has 1 aromatic rings. The Balaban J connectivity index is 1.88. The van der Waals surface area contributed by atoms with Gasteiger partial charge in [0.15, 0.2) is 0 Å². The molecule has 3 rings (SSSR count). The average molecular weight is 258 g/mol. The molecule has 0 spiro atoms. The van der Waals surface area contributed by atoms with Gasteiger partial charge >= 0.3 is 0 Å². The van der Waals surface area contributed by atoms with Crippen molar-refractivity contribution in [3.63, 3.8) is 0 Å². The SMILES string of the molecule is C=C1NC(CC2CCCC2)=Nc2c1n[nH]c2C(C)C. The standard InChI is InChI=1S/C15H22N4/c1-9(2)13-15-14(19-18-13)10(3)16-12(17-15)8-11-6-4-5-7-11/h9,11H,3-8H2,1-2H3,(H,16,17)(H,18,19). The Bertz CT molecular complexity index is 518. The summed E-state index contributed by atoms with van der Waals surface area (Å²) in [6.07, 6.45) is 6.45. The van der Waals surface area contributed by atoms with E-state index in [1.54, 1.807) is 0 Å². The third kappa shape index (κ3) is 2.31. The van der Waals surface area contributed by atoms with Crippen molar-refractivity contribution in [2.24, 2.45) is 10.9 Å². The van der Waals surface area contributed by atoms with Crippen LogP contribution >= 0.6 is 0 Å². The predicted octanol–water partition coefficient (Wildman–Crippen LogP) is 3.72. The van der Waals surface area contributed by atoms with E-state index in [1.807, 2.05) is 0 Å². The molecule has 0 aromatic carbocycles. The molecule has 19 heavy (non-hydrogen) atoms. The van der Waals surface area contributed by atoms with E-state index in [1.165, 1.54) is 25.7 Å². The van der Waals surface area contributed by atoms with Crippen LogP contribution in [0, 0.1) is 5.92 Å². The molecule has 1 aliphatic heterocycles. The van der Waals surface area contributed by atoms with Crippen LogP contribution in [0.4, 0.5) is 5.69 Å². The van der Waals surface area contributed by atoms with Crippen molar-refractivity contribution in [1.82, 2.24) is 15.5 Å². The van der Waals surface area contributed by atoms with Crippen LogP contribution in [0.3, 0.4) is 0 Å². The summed E-state index contributed by atoms with van der Waals surface area (Å²) in [7, 11) is 0. The molecule has 2 heterocycles. The summed E-state index contributed by atoms with van der Waals surface area (Å²) >= 11 is 0. The van der Waals surface area contributed by atoms with E-state index in [-0.39, 0.29) is 0 Å². The van der Waals surface area contributed by atoms with Gasteiger partial charge in [0, 0.05) is 6.42 Å². The van der Waals surface area contributed by atoms with Gasteiger partial charge in [0.1, 0.15) is 17.2 Å². The highest BCUT2D eigenvalue weighted by atomic mass is 15.2. The summed E-state index contributed by atoms with van der Waals surface area (Å²) in [6, 6.07) is 0. The number of amidine groups is 1. The van der Waals surface area contributed by atoms with Crippen LogP contribution in [0.1, 0.15) is 63.3 Å². The van der Waals surface area contributed by atoms with E-state index in [0.29, 0.717) is 5.92 Å². The average Bonchev–Trinajstić information content (AvgIpc) is 2.97. The van der Waals surface area contributed by atoms with E-state index in [9.17, 15) is 0 Å². The van der Waals surface area contributed by atoms with Crippen molar-refractivity contribution in [3.05, 3.63) is 18.0 Å². The first-order valence-corrected chi connectivity index (χ1v) is 7.27. The molecule has 0 atom stereocenters. The number of aromatic nitrogens is 2. The van der Waals surface area contributed by atoms with E-state index in [0.717, 1.165) is 40.9 Å². The Morgan fingerprint density at radius 1 is 1.32 bits per heavy atom. The van der Waals surface area contributed by atoms with Crippen LogP contribution in [0.25, 0.3) is 5.70 Å². The fourth-order valence-electron chi connectivity index (χ4n) is 3.06. The Hall–Kier alpha value is -1.58. The third-order valence-electron chi connectivity index (χ3n) is 4.13. The van der Waals surface area contributed by atoms with Gasteiger partial charge in [0.2, 0.25) is 0 Å². The van der Waals surface area contributed by atoms with Crippen LogP contribution in [0.5, 0.6) is 0 Å². The molecule has 0 bridgehead atoms. The predicted molar refractivity (Wildman–Crippen MR) is 78.5 cm³/mol. The minimum atomic E-state index is 0.402. The Morgan fingerprint density at radius 3 is 2.74 bits per heavy atom. The second-order valence-electron chi connectivity index (χ2n) is 6.01. The van der Waals surface area contributed by atoms with Gasteiger partial charge in [0.25, 0.3) is 0 Å². The molecule has 0 radical (unpaired) electrons. The van der Waals surface area contributed by atoms with Gasteiger partial charge in [-0.05, 0) is 11.8 Å². The number of H-pyrrole nitrogens is 1. The Kier molecular flexibility index (Phi) is 3.17. The van der Waals surface area contributed by atoms with Gasteiger partial charge in [0.05, 0.1) is 11.4 Å². The van der Waals surface area contributed by atoms with Gasteiger partial charge in [-0.15, -0.1) is 0 Å². The third-order valence-corrected chi connectivity index (χ3v) is 4.13. The molecular formula is C15H22N4. The normalized spacial score (nSPS) is 19.5. The molecule has 0 amide bonds. The van der Waals surface area contributed by atoms with Crippen LogP contribution < -0.4 is 5.32 Å². The molecule has 4 heteroatoms. The topological polar surface area (TPSA) is 53.1 Å². The number of nitrogens with one attached hydrogen (secondary N) is 2. The summed E-state index contributed by atoms with van der Waals surface area (Å²) in [5.41, 5.74) is 3.85. The molecule has 102 valence electrons. The van der Waals surface area contributed by atoms with Gasteiger partial charge in [-0.1, -0.05) is 46.1 Å². The van der Waals surface area contributed by atoms with E-state index >= 15 is 0 Å².